The van der Waals surface area contributed by atoms with Gasteiger partial charge in [-0.2, -0.15) is 10.2 Å². The number of carbonyl (C=O) groups is 1. The first kappa shape index (κ1) is 13.6. The molecule has 7 heteroatoms. The molecule has 0 aliphatic carbocycles. The van der Waals surface area contributed by atoms with Crippen molar-refractivity contribution in [2.24, 2.45) is 5.10 Å². The molecule has 0 saturated heterocycles. The minimum atomic E-state index is -0.413. The molecule has 1 aromatic heterocycles. The van der Waals surface area contributed by atoms with E-state index in [0.29, 0.717) is 23.6 Å². The molecule has 1 heterocycles. The fraction of sp³-hybridized carbons (Fsp3) is 0.154. The predicted molar refractivity (Wildman–Crippen MR) is 72.9 cm³/mol. The van der Waals surface area contributed by atoms with Gasteiger partial charge in [0.15, 0.2) is 0 Å². The molecule has 0 aliphatic heterocycles. The van der Waals surface area contributed by atoms with Gasteiger partial charge in [0.2, 0.25) is 0 Å². The Labute approximate surface area is 115 Å². The summed E-state index contributed by atoms with van der Waals surface area (Å²) in [5.41, 5.74) is 3.09. The van der Waals surface area contributed by atoms with Crippen LogP contribution in [0.2, 0.25) is 0 Å². The van der Waals surface area contributed by atoms with Gasteiger partial charge in [0.25, 0.3) is 5.91 Å². The van der Waals surface area contributed by atoms with Gasteiger partial charge in [-0.05, 0) is 25.1 Å². The lowest BCUT2D eigenvalue weighted by Crippen LogP contribution is -2.18. The molecule has 104 valence electrons. The molecular weight excluding hydrogens is 260 g/mol. The number of hydrogen-bond donors (Lipinski definition) is 3. The van der Waals surface area contributed by atoms with E-state index in [1.165, 1.54) is 24.5 Å². The third kappa shape index (κ3) is 3.35. The largest absolute Gasteiger partial charge is 0.507 e. The van der Waals surface area contributed by atoms with E-state index in [1.54, 1.807) is 12.1 Å². The van der Waals surface area contributed by atoms with Crippen molar-refractivity contribution in [2.75, 3.05) is 6.61 Å². The highest BCUT2D eigenvalue weighted by molar-refractivity contribution is 5.93. The van der Waals surface area contributed by atoms with E-state index >= 15 is 0 Å². The van der Waals surface area contributed by atoms with Crippen molar-refractivity contribution in [3.63, 3.8) is 0 Å². The zero-order chi connectivity index (χ0) is 14.4. The lowest BCUT2D eigenvalue weighted by atomic mass is 10.2. The quantitative estimate of drug-likeness (QED) is 0.564. The van der Waals surface area contributed by atoms with E-state index in [0.717, 1.165) is 0 Å². The van der Waals surface area contributed by atoms with Crippen molar-refractivity contribution in [1.82, 2.24) is 15.6 Å². The van der Waals surface area contributed by atoms with Crippen molar-refractivity contribution in [3.05, 3.63) is 41.7 Å². The Morgan fingerprint density at radius 3 is 3.05 bits per heavy atom. The molecule has 0 atom stereocenters. The van der Waals surface area contributed by atoms with Gasteiger partial charge in [0.1, 0.15) is 17.2 Å². The van der Waals surface area contributed by atoms with Crippen LogP contribution in [0.15, 0.2) is 35.6 Å². The lowest BCUT2D eigenvalue weighted by molar-refractivity contribution is 0.0950. The average molecular weight is 274 g/mol. The topological polar surface area (TPSA) is 99.6 Å². The van der Waals surface area contributed by atoms with E-state index in [1.807, 2.05) is 6.92 Å². The van der Waals surface area contributed by atoms with Gasteiger partial charge in [-0.15, -0.1) is 0 Å². The molecule has 2 aromatic rings. The van der Waals surface area contributed by atoms with Crippen LogP contribution in [0.4, 0.5) is 0 Å². The van der Waals surface area contributed by atoms with Crippen molar-refractivity contribution in [3.8, 4) is 11.5 Å². The highest BCUT2D eigenvalue weighted by Gasteiger charge is 2.05. The third-order valence-electron chi connectivity index (χ3n) is 2.43. The number of phenols is 1. The fourth-order valence-electron chi connectivity index (χ4n) is 1.49. The molecule has 3 N–H and O–H groups in total. The Kier molecular flexibility index (Phi) is 4.33. The highest BCUT2D eigenvalue weighted by Crippen LogP contribution is 2.22. The van der Waals surface area contributed by atoms with E-state index in [-0.39, 0.29) is 5.75 Å². The Bertz CT molecular complexity index is 608. The third-order valence-corrected chi connectivity index (χ3v) is 2.43. The number of rotatable bonds is 5. The van der Waals surface area contributed by atoms with Crippen LogP contribution in [0.5, 0.6) is 11.5 Å². The number of benzene rings is 1. The maximum Gasteiger partial charge on any atom is 0.289 e. The van der Waals surface area contributed by atoms with Crippen LogP contribution in [-0.2, 0) is 0 Å². The van der Waals surface area contributed by atoms with Crippen molar-refractivity contribution >= 4 is 12.1 Å². The predicted octanol–water partition coefficient (Wildman–Crippen LogP) is 1.28. The second kappa shape index (κ2) is 6.37. The molecule has 20 heavy (non-hydrogen) atoms. The number of phenolic OH excluding ortho intramolecular Hbond substituents is 1. The molecule has 1 aromatic carbocycles. The summed E-state index contributed by atoms with van der Waals surface area (Å²) in [5.74, 6) is 0.184. The summed E-state index contributed by atoms with van der Waals surface area (Å²) in [5, 5.41) is 19.7. The molecule has 0 spiro atoms. The van der Waals surface area contributed by atoms with Crippen LogP contribution >= 0.6 is 0 Å². The maximum absolute atomic E-state index is 11.5. The van der Waals surface area contributed by atoms with E-state index in [9.17, 15) is 9.90 Å². The van der Waals surface area contributed by atoms with E-state index < -0.39 is 5.91 Å². The Hall–Kier alpha value is -2.83. The summed E-state index contributed by atoms with van der Waals surface area (Å²) in [7, 11) is 0. The summed E-state index contributed by atoms with van der Waals surface area (Å²) >= 11 is 0. The number of nitrogens with one attached hydrogen (secondary N) is 2. The normalized spacial score (nSPS) is 10.7. The molecule has 0 saturated carbocycles. The molecule has 0 bridgehead atoms. The van der Waals surface area contributed by atoms with Crippen LogP contribution in [-0.4, -0.2) is 34.0 Å². The van der Waals surface area contributed by atoms with E-state index in [4.69, 9.17) is 4.74 Å². The summed E-state index contributed by atoms with van der Waals surface area (Å²) < 4.78 is 5.25. The first-order valence-corrected chi connectivity index (χ1v) is 5.99. The highest BCUT2D eigenvalue weighted by atomic mass is 16.5. The number of aromatic hydroxyl groups is 1. The van der Waals surface area contributed by atoms with Crippen LogP contribution < -0.4 is 10.2 Å². The second-order valence-electron chi connectivity index (χ2n) is 3.82. The number of aromatic amines is 1. The zero-order valence-electron chi connectivity index (χ0n) is 10.8. The molecule has 0 radical (unpaired) electrons. The zero-order valence-corrected chi connectivity index (χ0v) is 10.8. The standard InChI is InChI=1S/C13H14N4O3/c1-2-20-10-4-3-9(12(18)7-10)8-15-17-13(19)11-5-6-14-16-11/h3-8,18H,2H2,1H3,(H,14,16)(H,17,19)/b15-8+. The molecule has 0 fully saturated rings. The average Bonchev–Trinajstić information content (AvgIpc) is 2.95. The SMILES string of the molecule is CCOc1ccc(/C=N/NC(=O)c2ccn[nH]2)c(O)c1. The Morgan fingerprint density at radius 2 is 2.40 bits per heavy atom. The van der Waals surface area contributed by atoms with Crippen molar-refractivity contribution in [1.29, 1.82) is 0 Å². The molecule has 2 rings (SSSR count). The first-order valence-electron chi connectivity index (χ1n) is 5.99. The summed E-state index contributed by atoms with van der Waals surface area (Å²) in [4.78, 5) is 11.5. The molecular formula is C13H14N4O3. The number of aromatic nitrogens is 2. The number of hydrogen-bond acceptors (Lipinski definition) is 5. The Balaban J connectivity index is 1.99. The first-order chi connectivity index (χ1) is 9.70. The summed E-state index contributed by atoms with van der Waals surface area (Å²) in [6, 6.07) is 6.37. The van der Waals surface area contributed by atoms with Crippen LogP contribution in [0, 0.1) is 0 Å². The lowest BCUT2D eigenvalue weighted by Gasteiger charge is -2.04. The molecule has 0 unspecified atom stereocenters. The monoisotopic (exact) mass is 274 g/mol. The van der Waals surface area contributed by atoms with Gasteiger partial charge in [-0.1, -0.05) is 0 Å². The second-order valence-corrected chi connectivity index (χ2v) is 3.82. The van der Waals surface area contributed by atoms with Gasteiger partial charge in [0.05, 0.1) is 12.8 Å². The maximum atomic E-state index is 11.5. The van der Waals surface area contributed by atoms with Crippen LogP contribution in [0.3, 0.4) is 0 Å². The molecule has 0 aliphatic rings. The van der Waals surface area contributed by atoms with E-state index in [2.05, 4.69) is 20.7 Å². The van der Waals surface area contributed by atoms with Gasteiger partial charge >= 0.3 is 0 Å². The summed E-state index contributed by atoms with van der Waals surface area (Å²) in [6.45, 7) is 2.38. The van der Waals surface area contributed by atoms with Gasteiger partial charge in [0, 0.05) is 17.8 Å². The molecule has 7 nitrogen and oxygen atoms in total. The van der Waals surface area contributed by atoms with Crippen molar-refractivity contribution < 1.29 is 14.6 Å². The number of ether oxygens (including phenoxy) is 1. The minimum absolute atomic E-state index is 0.0236. The summed E-state index contributed by atoms with van der Waals surface area (Å²) in [6.07, 6.45) is 2.82. The van der Waals surface area contributed by atoms with Crippen LogP contribution in [0.1, 0.15) is 23.0 Å². The molecule has 1 amide bonds. The van der Waals surface area contributed by atoms with Gasteiger partial charge in [-0.25, -0.2) is 5.43 Å². The van der Waals surface area contributed by atoms with Gasteiger partial charge < -0.3 is 9.84 Å². The van der Waals surface area contributed by atoms with Crippen LogP contribution in [0.25, 0.3) is 0 Å². The van der Waals surface area contributed by atoms with Crippen molar-refractivity contribution in [2.45, 2.75) is 6.92 Å². The number of carbonyl (C=O) groups excluding carboxylic acids is 1. The smallest absolute Gasteiger partial charge is 0.289 e. The number of hydrazone groups is 1. The minimum Gasteiger partial charge on any atom is -0.507 e. The number of H-pyrrole nitrogens is 1. The Morgan fingerprint density at radius 1 is 1.55 bits per heavy atom. The van der Waals surface area contributed by atoms with Gasteiger partial charge in [-0.3, -0.25) is 9.89 Å². The number of nitrogens with zero attached hydrogens (tertiary/aromatic N) is 2. The number of amides is 1. The fourth-order valence-corrected chi connectivity index (χ4v) is 1.49.